The third kappa shape index (κ3) is 3.83. The molecule has 1 aliphatic rings. The van der Waals surface area contributed by atoms with Crippen molar-refractivity contribution >= 4 is 21.9 Å². The number of halogens is 1. The van der Waals surface area contributed by atoms with Gasteiger partial charge in [-0.3, -0.25) is 0 Å². The summed E-state index contributed by atoms with van der Waals surface area (Å²) in [5, 5.41) is 8.95. The highest BCUT2D eigenvalue weighted by Crippen LogP contribution is 2.30. The summed E-state index contributed by atoms with van der Waals surface area (Å²) in [7, 11) is 0. The van der Waals surface area contributed by atoms with Crippen LogP contribution in [-0.4, -0.2) is 17.2 Å². The van der Waals surface area contributed by atoms with E-state index in [9.17, 15) is 4.79 Å². The maximum absolute atomic E-state index is 10.9. The minimum Gasteiger partial charge on any atom is -0.478 e. The van der Waals surface area contributed by atoms with E-state index in [4.69, 9.17) is 9.84 Å². The molecule has 3 nitrogen and oxygen atoms in total. The Morgan fingerprint density at radius 3 is 2.80 bits per heavy atom. The number of carbonyl (C=O) groups is 1. The number of benzene rings is 1. The van der Waals surface area contributed by atoms with E-state index in [2.05, 4.69) is 22.9 Å². The van der Waals surface area contributed by atoms with Gasteiger partial charge in [0.1, 0.15) is 0 Å². The molecular weight excluding hydrogens is 320 g/mol. The molecule has 1 N–H and O–H groups in total. The first-order chi connectivity index (χ1) is 9.61. The Balaban J connectivity index is 1.98. The highest BCUT2D eigenvalue weighted by atomic mass is 79.9. The van der Waals surface area contributed by atoms with Gasteiger partial charge in [0, 0.05) is 4.47 Å². The Kier molecular flexibility index (Phi) is 5.61. The van der Waals surface area contributed by atoms with Gasteiger partial charge in [-0.1, -0.05) is 48.2 Å². The molecule has 0 aliphatic heterocycles. The minimum atomic E-state index is -0.906. The lowest BCUT2D eigenvalue weighted by molar-refractivity contribution is -0.0224. The van der Waals surface area contributed by atoms with Crippen molar-refractivity contribution in [3.05, 3.63) is 33.8 Å². The lowest BCUT2D eigenvalue weighted by atomic mass is 9.85. The SMILES string of the molecule is CCC1CCCCC1OCc1ccc(C(=O)O)cc1Br. The standard InChI is InChI=1S/C16H21BrO3/c1-2-11-5-3-4-6-15(11)20-10-13-8-7-12(16(18)19)9-14(13)17/h7-9,11,15H,2-6,10H2,1H3,(H,18,19). The molecule has 2 atom stereocenters. The smallest absolute Gasteiger partial charge is 0.335 e. The molecule has 0 heterocycles. The fourth-order valence-electron chi connectivity index (χ4n) is 2.85. The van der Waals surface area contributed by atoms with Crippen LogP contribution < -0.4 is 0 Å². The number of rotatable bonds is 5. The van der Waals surface area contributed by atoms with Crippen molar-refractivity contribution < 1.29 is 14.6 Å². The van der Waals surface area contributed by atoms with E-state index in [0.29, 0.717) is 24.2 Å². The third-order valence-electron chi connectivity index (χ3n) is 4.12. The predicted molar refractivity (Wildman–Crippen MR) is 81.9 cm³/mol. The van der Waals surface area contributed by atoms with Gasteiger partial charge in [0.2, 0.25) is 0 Å². The van der Waals surface area contributed by atoms with Gasteiger partial charge in [-0.05, 0) is 36.5 Å². The molecule has 0 aromatic heterocycles. The molecule has 110 valence electrons. The number of carboxylic acid groups (broad SMARTS) is 1. The van der Waals surface area contributed by atoms with Crippen LogP contribution in [0.3, 0.4) is 0 Å². The predicted octanol–water partition coefficient (Wildman–Crippen LogP) is 4.63. The summed E-state index contributed by atoms with van der Waals surface area (Å²) >= 11 is 3.43. The first kappa shape index (κ1) is 15.5. The molecule has 2 rings (SSSR count). The van der Waals surface area contributed by atoms with Gasteiger partial charge in [0.25, 0.3) is 0 Å². The van der Waals surface area contributed by atoms with E-state index in [-0.39, 0.29) is 0 Å². The zero-order valence-electron chi connectivity index (χ0n) is 11.8. The zero-order chi connectivity index (χ0) is 14.5. The number of carboxylic acids is 1. The van der Waals surface area contributed by atoms with Crippen molar-refractivity contribution in [1.82, 2.24) is 0 Å². The Bertz CT molecular complexity index is 473. The molecule has 1 aromatic carbocycles. The quantitative estimate of drug-likeness (QED) is 0.849. The highest BCUT2D eigenvalue weighted by molar-refractivity contribution is 9.10. The molecule has 0 spiro atoms. The van der Waals surface area contributed by atoms with Gasteiger partial charge in [0.15, 0.2) is 0 Å². The summed E-state index contributed by atoms with van der Waals surface area (Å²) in [6, 6.07) is 5.10. The Hall–Kier alpha value is -0.870. The van der Waals surface area contributed by atoms with Crippen LogP contribution in [0.15, 0.2) is 22.7 Å². The molecule has 2 unspecified atom stereocenters. The first-order valence-electron chi connectivity index (χ1n) is 7.25. The van der Waals surface area contributed by atoms with Gasteiger partial charge in [-0.15, -0.1) is 0 Å². The van der Waals surface area contributed by atoms with Gasteiger partial charge in [-0.2, -0.15) is 0 Å². The molecule has 4 heteroatoms. The van der Waals surface area contributed by atoms with Crippen molar-refractivity contribution in [2.24, 2.45) is 5.92 Å². The van der Waals surface area contributed by atoms with Crippen LogP contribution in [0.4, 0.5) is 0 Å². The topological polar surface area (TPSA) is 46.5 Å². The first-order valence-corrected chi connectivity index (χ1v) is 8.04. The van der Waals surface area contributed by atoms with Crippen LogP contribution in [0.1, 0.15) is 54.9 Å². The van der Waals surface area contributed by atoms with Crippen LogP contribution >= 0.6 is 15.9 Å². The number of hydrogen-bond acceptors (Lipinski definition) is 2. The van der Waals surface area contributed by atoms with Gasteiger partial charge < -0.3 is 9.84 Å². The third-order valence-corrected chi connectivity index (χ3v) is 4.85. The second-order valence-corrected chi connectivity index (χ2v) is 6.27. The molecule has 1 aromatic rings. The van der Waals surface area contributed by atoms with Crippen LogP contribution in [0.25, 0.3) is 0 Å². The van der Waals surface area contributed by atoms with Crippen molar-refractivity contribution in [2.75, 3.05) is 0 Å². The van der Waals surface area contributed by atoms with E-state index in [1.165, 1.54) is 25.7 Å². The van der Waals surface area contributed by atoms with Crippen molar-refractivity contribution in [3.63, 3.8) is 0 Å². The molecule has 1 fully saturated rings. The number of ether oxygens (including phenoxy) is 1. The van der Waals surface area contributed by atoms with E-state index in [0.717, 1.165) is 16.5 Å². The number of hydrogen-bond donors (Lipinski definition) is 1. The average molecular weight is 341 g/mol. The second-order valence-electron chi connectivity index (χ2n) is 5.41. The summed E-state index contributed by atoms with van der Waals surface area (Å²) in [6.07, 6.45) is 6.49. The van der Waals surface area contributed by atoms with Crippen LogP contribution in [0.5, 0.6) is 0 Å². The van der Waals surface area contributed by atoms with E-state index < -0.39 is 5.97 Å². The molecule has 0 saturated heterocycles. The summed E-state index contributed by atoms with van der Waals surface area (Å²) in [5.41, 5.74) is 1.31. The lowest BCUT2D eigenvalue weighted by Crippen LogP contribution is -2.27. The van der Waals surface area contributed by atoms with Crippen LogP contribution in [0, 0.1) is 5.92 Å². The summed E-state index contributed by atoms with van der Waals surface area (Å²) in [5.74, 6) is -0.239. The molecular formula is C16H21BrO3. The van der Waals surface area contributed by atoms with Gasteiger partial charge >= 0.3 is 5.97 Å². The lowest BCUT2D eigenvalue weighted by Gasteiger charge is -2.30. The van der Waals surface area contributed by atoms with E-state index in [1.807, 2.05) is 6.07 Å². The van der Waals surface area contributed by atoms with E-state index in [1.54, 1.807) is 12.1 Å². The summed E-state index contributed by atoms with van der Waals surface area (Å²) in [6.45, 7) is 2.77. The fourth-order valence-corrected chi connectivity index (χ4v) is 3.35. The van der Waals surface area contributed by atoms with Crippen molar-refractivity contribution in [3.8, 4) is 0 Å². The Morgan fingerprint density at radius 2 is 2.15 bits per heavy atom. The van der Waals surface area contributed by atoms with Gasteiger partial charge in [-0.25, -0.2) is 4.79 Å². The van der Waals surface area contributed by atoms with Crippen molar-refractivity contribution in [2.45, 2.75) is 51.7 Å². The van der Waals surface area contributed by atoms with Gasteiger partial charge in [0.05, 0.1) is 18.3 Å². The molecule has 0 amide bonds. The van der Waals surface area contributed by atoms with Crippen molar-refractivity contribution in [1.29, 1.82) is 0 Å². The van der Waals surface area contributed by atoms with Crippen LogP contribution in [0.2, 0.25) is 0 Å². The fraction of sp³-hybridized carbons (Fsp3) is 0.562. The minimum absolute atomic E-state index is 0.296. The maximum Gasteiger partial charge on any atom is 0.335 e. The molecule has 1 aliphatic carbocycles. The summed E-state index contributed by atoms with van der Waals surface area (Å²) < 4.78 is 6.88. The Labute approximate surface area is 128 Å². The second kappa shape index (κ2) is 7.23. The average Bonchev–Trinajstić information content (AvgIpc) is 2.46. The monoisotopic (exact) mass is 340 g/mol. The molecule has 0 bridgehead atoms. The largest absolute Gasteiger partial charge is 0.478 e. The molecule has 1 saturated carbocycles. The normalized spacial score (nSPS) is 22.7. The molecule has 20 heavy (non-hydrogen) atoms. The van der Waals surface area contributed by atoms with E-state index >= 15 is 0 Å². The van der Waals surface area contributed by atoms with Crippen LogP contribution in [-0.2, 0) is 11.3 Å². The number of aromatic carboxylic acids is 1. The Morgan fingerprint density at radius 1 is 1.40 bits per heavy atom. The summed E-state index contributed by atoms with van der Waals surface area (Å²) in [4.78, 5) is 10.9. The highest BCUT2D eigenvalue weighted by Gasteiger charge is 2.24. The maximum atomic E-state index is 10.9. The molecule has 0 radical (unpaired) electrons. The zero-order valence-corrected chi connectivity index (χ0v) is 13.4.